The molecular weight excluding hydrogens is 325 g/mol. The van der Waals surface area contributed by atoms with Crippen LogP contribution in [0.2, 0.25) is 5.15 Å². The zero-order valence-corrected chi connectivity index (χ0v) is 14.7. The highest BCUT2D eigenvalue weighted by Crippen LogP contribution is 2.25. The highest BCUT2D eigenvalue weighted by molar-refractivity contribution is 7.99. The van der Waals surface area contributed by atoms with Crippen LogP contribution in [0.5, 0.6) is 0 Å². The third-order valence-corrected chi connectivity index (χ3v) is 4.70. The molecule has 0 bridgehead atoms. The Labute approximate surface area is 141 Å². The molecule has 22 heavy (non-hydrogen) atoms. The summed E-state index contributed by atoms with van der Waals surface area (Å²) in [5, 5.41) is -0.144. The Bertz CT molecular complexity index is 473. The van der Waals surface area contributed by atoms with E-state index in [0.29, 0.717) is 23.2 Å². The average Bonchev–Trinajstić information content (AvgIpc) is 2.51. The Morgan fingerprint density at radius 1 is 1.50 bits per heavy atom. The SMILES string of the molecule is CCCCC(CC)COC(=O)CCSc1ccnc(Cl)c1F. The summed E-state index contributed by atoms with van der Waals surface area (Å²) in [6.45, 7) is 4.75. The summed E-state index contributed by atoms with van der Waals surface area (Å²) in [6.07, 6.45) is 6.13. The van der Waals surface area contributed by atoms with Gasteiger partial charge in [-0.2, -0.15) is 0 Å². The number of carbonyl (C=O) groups is 1. The predicted octanol–water partition coefficient (Wildman–Crippen LogP) is 5.12. The van der Waals surface area contributed by atoms with Gasteiger partial charge in [0.2, 0.25) is 0 Å². The summed E-state index contributed by atoms with van der Waals surface area (Å²) in [7, 11) is 0. The van der Waals surface area contributed by atoms with Crippen molar-refractivity contribution in [3.63, 3.8) is 0 Å². The molecule has 1 unspecified atom stereocenters. The van der Waals surface area contributed by atoms with Crippen LogP contribution in [0.3, 0.4) is 0 Å². The molecule has 0 amide bonds. The fraction of sp³-hybridized carbons (Fsp3) is 0.625. The molecule has 0 aliphatic heterocycles. The van der Waals surface area contributed by atoms with Crippen LogP contribution in [0.15, 0.2) is 17.2 Å². The van der Waals surface area contributed by atoms with Crippen molar-refractivity contribution in [3.8, 4) is 0 Å². The van der Waals surface area contributed by atoms with Crippen molar-refractivity contribution in [1.29, 1.82) is 0 Å². The van der Waals surface area contributed by atoms with Gasteiger partial charge in [0.15, 0.2) is 11.0 Å². The van der Waals surface area contributed by atoms with Gasteiger partial charge in [0.1, 0.15) is 0 Å². The Hall–Kier alpha value is -0.810. The smallest absolute Gasteiger partial charge is 0.306 e. The number of ether oxygens (including phenoxy) is 1. The third kappa shape index (κ3) is 6.97. The molecule has 3 nitrogen and oxygen atoms in total. The van der Waals surface area contributed by atoms with Crippen LogP contribution < -0.4 is 0 Å². The van der Waals surface area contributed by atoms with Gasteiger partial charge in [-0.3, -0.25) is 4.79 Å². The number of halogens is 2. The number of unbranched alkanes of at least 4 members (excludes halogenated alkanes) is 1. The minimum atomic E-state index is -0.534. The zero-order chi connectivity index (χ0) is 16.4. The van der Waals surface area contributed by atoms with Crippen LogP contribution in [0.25, 0.3) is 0 Å². The highest BCUT2D eigenvalue weighted by Gasteiger charge is 2.12. The minimum absolute atomic E-state index is 0.144. The summed E-state index contributed by atoms with van der Waals surface area (Å²) >= 11 is 6.85. The topological polar surface area (TPSA) is 39.2 Å². The molecule has 1 aromatic rings. The normalized spacial score (nSPS) is 12.2. The number of hydrogen-bond donors (Lipinski definition) is 0. The molecule has 0 aliphatic carbocycles. The van der Waals surface area contributed by atoms with Gasteiger partial charge in [-0.25, -0.2) is 9.37 Å². The summed E-state index contributed by atoms with van der Waals surface area (Å²) < 4.78 is 18.9. The van der Waals surface area contributed by atoms with Crippen LogP contribution in [0, 0.1) is 11.7 Å². The molecule has 0 saturated heterocycles. The molecule has 0 fully saturated rings. The average molecular weight is 348 g/mol. The van der Waals surface area contributed by atoms with E-state index in [9.17, 15) is 9.18 Å². The monoisotopic (exact) mass is 347 g/mol. The van der Waals surface area contributed by atoms with E-state index in [-0.39, 0.29) is 17.5 Å². The fourth-order valence-electron chi connectivity index (χ4n) is 1.94. The van der Waals surface area contributed by atoms with Crippen molar-refractivity contribution in [2.24, 2.45) is 5.92 Å². The molecule has 0 aliphatic rings. The summed E-state index contributed by atoms with van der Waals surface area (Å²) in [5.74, 6) is 0.131. The Morgan fingerprint density at radius 3 is 2.95 bits per heavy atom. The third-order valence-electron chi connectivity index (χ3n) is 3.40. The molecule has 1 aromatic heterocycles. The van der Waals surface area contributed by atoms with Crippen molar-refractivity contribution < 1.29 is 13.9 Å². The molecule has 0 aromatic carbocycles. The van der Waals surface area contributed by atoms with E-state index in [1.807, 2.05) is 0 Å². The summed E-state index contributed by atoms with van der Waals surface area (Å²) in [5.41, 5.74) is 0. The van der Waals surface area contributed by atoms with Gasteiger partial charge in [-0.05, 0) is 18.4 Å². The van der Waals surface area contributed by atoms with Gasteiger partial charge in [0.25, 0.3) is 0 Å². The lowest BCUT2D eigenvalue weighted by Gasteiger charge is -2.14. The molecule has 1 rings (SSSR count). The molecule has 0 spiro atoms. The Balaban J connectivity index is 2.27. The van der Waals surface area contributed by atoms with Crippen LogP contribution in [0.4, 0.5) is 4.39 Å². The van der Waals surface area contributed by atoms with E-state index in [2.05, 4.69) is 18.8 Å². The van der Waals surface area contributed by atoms with Crippen molar-refractivity contribution in [2.75, 3.05) is 12.4 Å². The first kappa shape index (κ1) is 19.2. The van der Waals surface area contributed by atoms with Crippen molar-refractivity contribution in [2.45, 2.75) is 50.8 Å². The van der Waals surface area contributed by atoms with Gasteiger partial charge in [-0.1, -0.05) is 44.7 Å². The van der Waals surface area contributed by atoms with Gasteiger partial charge in [0, 0.05) is 16.8 Å². The molecule has 124 valence electrons. The van der Waals surface area contributed by atoms with Crippen LogP contribution in [0.1, 0.15) is 46.0 Å². The van der Waals surface area contributed by atoms with E-state index >= 15 is 0 Å². The number of carbonyl (C=O) groups excluding carboxylic acids is 1. The molecule has 6 heteroatoms. The molecule has 0 saturated carbocycles. The number of hydrogen-bond acceptors (Lipinski definition) is 4. The van der Waals surface area contributed by atoms with Crippen LogP contribution >= 0.6 is 23.4 Å². The van der Waals surface area contributed by atoms with E-state index < -0.39 is 5.82 Å². The van der Waals surface area contributed by atoms with E-state index in [1.165, 1.54) is 18.0 Å². The Kier molecular flexibility index (Phi) is 9.48. The van der Waals surface area contributed by atoms with Crippen molar-refractivity contribution >= 4 is 29.3 Å². The van der Waals surface area contributed by atoms with Crippen molar-refractivity contribution in [1.82, 2.24) is 4.98 Å². The number of aromatic nitrogens is 1. The zero-order valence-electron chi connectivity index (χ0n) is 13.1. The summed E-state index contributed by atoms with van der Waals surface area (Å²) in [6, 6.07) is 1.55. The molecule has 1 heterocycles. The lowest BCUT2D eigenvalue weighted by atomic mass is 10.0. The first-order valence-electron chi connectivity index (χ1n) is 7.66. The van der Waals surface area contributed by atoms with Crippen molar-refractivity contribution in [3.05, 3.63) is 23.2 Å². The van der Waals surface area contributed by atoms with E-state index in [1.54, 1.807) is 6.07 Å². The Morgan fingerprint density at radius 2 is 2.27 bits per heavy atom. The lowest BCUT2D eigenvalue weighted by molar-refractivity contribution is -0.144. The first-order valence-corrected chi connectivity index (χ1v) is 9.03. The van der Waals surface area contributed by atoms with E-state index in [4.69, 9.17) is 16.3 Å². The maximum absolute atomic E-state index is 13.6. The minimum Gasteiger partial charge on any atom is -0.465 e. The number of thioether (sulfide) groups is 1. The van der Waals surface area contributed by atoms with Gasteiger partial charge >= 0.3 is 5.97 Å². The largest absolute Gasteiger partial charge is 0.465 e. The predicted molar refractivity (Wildman–Crippen MR) is 88.8 cm³/mol. The lowest BCUT2D eigenvalue weighted by Crippen LogP contribution is -2.14. The first-order chi connectivity index (χ1) is 10.6. The highest BCUT2D eigenvalue weighted by atomic mass is 35.5. The second-order valence-electron chi connectivity index (χ2n) is 5.11. The maximum atomic E-state index is 13.6. The second kappa shape index (κ2) is 10.8. The molecule has 1 atom stereocenters. The molecule has 0 radical (unpaired) electrons. The molecular formula is C16H23ClFNO2S. The fourth-order valence-corrected chi connectivity index (χ4v) is 3.02. The van der Waals surface area contributed by atoms with Gasteiger partial charge < -0.3 is 4.74 Å². The molecule has 0 N–H and O–H groups in total. The number of nitrogens with zero attached hydrogens (tertiary/aromatic N) is 1. The standard InChI is InChI=1S/C16H23ClFNO2S/c1-3-5-6-12(4-2)11-21-14(20)8-10-22-13-7-9-19-16(17)15(13)18/h7,9,12H,3-6,8,10-11H2,1-2H3. The second-order valence-corrected chi connectivity index (χ2v) is 6.61. The number of esters is 1. The van der Waals surface area contributed by atoms with Crippen LogP contribution in [-0.4, -0.2) is 23.3 Å². The van der Waals surface area contributed by atoms with Gasteiger partial charge in [-0.15, -0.1) is 11.8 Å². The summed E-state index contributed by atoms with van der Waals surface area (Å²) in [4.78, 5) is 15.8. The maximum Gasteiger partial charge on any atom is 0.306 e. The number of pyridine rings is 1. The quantitative estimate of drug-likeness (QED) is 0.334. The van der Waals surface area contributed by atoms with Gasteiger partial charge in [0.05, 0.1) is 13.0 Å². The number of rotatable bonds is 10. The van der Waals surface area contributed by atoms with Crippen LogP contribution in [-0.2, 0) is 9.53 Å². The van der Waals surface area contributed by atoms with E-state index in [0.717, 1.165) is 25.7 Å².